The molecule has 0 aromatic carbocycles. The molecule has 0 fully saturated rings. The van der Waals surface area contributed by atoms with E-state index in [1.54, 1.807) is 0 Å². The van der Waals surface area contributed by atoms with Crippen molar-refractivity contribution in [3.8, 4) is 0 Å². The quantitative estimate of drug-likeness (QED) is 0.600. The van der Waals surface area contributed by atoms with Gasteiger partial charge in [0.15, 0.2) is 11.0 Å². The van der Waals surface area contributed by atoms with Gasteiger partial charge in [0.25, 0.3) is 0 Å². The maximum Gasteiger partial charge on any atom is 0.165 e. The van der Waals surface area contributed by atoms with Gasteiger partial charge in [-0.05, 0) is 28.1 Å². The summed E-state index contributed by atoms with van der Waals surface area (Å²) >= 11 is 8.33. The van der Waals surface area contributed by atoms with Crippen LogP contribution in [0.5, 0.6) is 0 Å². The number of rotatable bonds is 0. The van der Waals surface area contributed by atoms with Crippen LogP contribution in [0.25, 0.3) is 0 Å². The van der Waals surface area contributed by atoms with Crippen molar-refractivity contribution < 1.29 is 4.39 Å². The molecule has 0 saturated carbocycles. The first-order chi connectivity index (χ1) is 4.20. The highest BCUT2D eigenvalue weighted by molar-refractivity contribution is 9.10. The average Bonchev–Trinajstić information content (AvgIpc) is 1.80. The van der Waals surface area contributed by atoms with Gasteiger partial charge >= 0.3 is 0 Å². The van der Waals surface area contributed by atoms with Gasteiger partial charge in [-0.25, -0.2) is 9.37 Å². The van der Waals surface area contributed by atoms with Crippen molar-refractivity contribution in [1.29, 1.82) is 0 Å². The second-order valence-electron chi connectivity index (χ2n) is 1.41. The number of hydrogen-bond donors (Lipinski definition) is 0. The molecule has 1 heterocycles. The first kappa shape index (κ1) is 6.96. The smallest absolute Gasteiger partial charge is 0.165 e. The van der Waals surface area contributed by atoms with E-state index in [-0.39, 0.29) is 5.15 Å². The summed E-state index contributed by atoms with van der Waals surface area (Å²) in [5.41, 5.74) is 0. The van der Waals surface area contributed by atoms with Crippen LogP contribution in [0.15, 0.2) is 16.7 Å². The third-order valence-electron chi connectivity index (χ3n) is 0.769. The fraction of sp³-hybridized carbons (Fsp3) is 0. The Morgan fingerprint density at radius 2 is 2.22 bits per heavy atom. The Bertz CT molecular complexity index is 228. The van der Waals surface area contributed by atoms with Gasteiger partial charge in [0.2, 0.25) is 0 Å². The van der Waals surface area contributed by atoms with Crippen molar-refractivity contribution in [2.45, 2.75) is 0 Å². The molecule has 0 saturated heterocycles. The monoisotopic (exact) mass is 209 g/mol. The molecule has 0 spiro atoms. The molecule has 0 aliphatic carbocycles. The predicted molar refractivity (Wildman–Crippen MR) is 36.9 cm³/mol. The molecular weight excluding hydrogens is 208 g/mol. The zero-order valence-electron chi connectivity index (χ0n) is 4.24. The van der Waals surface area contributed by atoms with Gasteiger partial charge in [-0.1, -0.05) is 11.6 Å². The van der Waals surface area contributed by atoms with E-state index in [1.807, 2.05) is 0 Å². The molecule has 1 aromatic heterocycles. The molecule has 9 heavy (non-hydrogen) atoms. The maximum atomic E-state index is 12.3. The Balaban J connectivity index is 3.17. The number of aromatic nitrogens is 1. The van der Waals surface area contributed by atoms with E-state index in [4.69, 9.17) is 11.6 Å². The molecule has 1 rings (SSSR count). The Morgan fingerprint density at radius 1 is 1.56 bits per heavy atom. The van der Waals surface area contributed by atoms with Crippen molar-refractivity contribution in [3.63, 3.8) is 0 Å². The average molecular weight is 210 g/mol. The van der Waals surface area contributed by atoms with E-state index in [0.29, 0.717) is 4.60 Å². The van der Waals surface area contributed by atoms with Crippen LogP contribution in [0.3, 0.4) is 0 Å². The number of pyridine rings is 1. The van der Waals surface area contributed by atoms with Crippen molar-refractivity contribution in [1.82, 2.24) is 4.98 Å². The summed E-state index contributed by atoms with van der Waals surface area (Å²) in [6.07, 6.45) is 0. The van der Waals surface area contributed by atoms with Crippen molar-refractivity contribution in [3.05, 3.63) is 27.7 Å². The number of nitrogens with zero attached hydrogens (tertiary/aromatic N) is 1. The fourth-order valence-corrected chi connectivity index (χ4v) is 0.961. The molecule has 0 N–H and O–H groups in total. The molecule has 1 nitrogen and oxygen atoms in total. The summed E-state index contributed by atoms with van der Waals surface area (Å²) in [6, 6.07) is 2.74. The lowest BCUT2D eigenvalue weighted by Crippen LogP contribution is -1.80. The molecule has 0 radical (unpaired) electrons. The standard InChI is InChI=1S/C5H2BrClFN/c6-4-2-1-3(8)5(7)9-4/h1-2H. The minimum absolute atomic E-state index is 0.107. The van der Waals surface area contributed by atoms with Crippen LogP contribution in [-0.2, 0) is 0 Å². The summed E-state index contributed by atoms with van der Waals surface area (Å²) in [5.74, 6) is -0.500. The van der Waals surface area contributed by atoms with Crippen LogP contribution in [0.1, 0.15) is 0 Å². The maximum absolute atomic E-state index is 12.3. The Labute approximate surface area is 65.0 Å². The highest BCUT2D eigenvalue weighted by Gasteiger charge is 1.98. The van der Waals surface area contributed by atoms with Crippen LogP contribution in [-0.4, -0.2) is 4.98 Å². The minimum Gasteiger partial charge on any atom is -0.226 e. The summed E-state index contributed by atoms with van der Waals surface area (Å²) in [5, 5.41) is -0.107. The number of hydrogen-bond acceptors (Lipinski definition) is 1. The number of halogens is 3. The SMILES string of the molecule is Fc1ccc(Br)nc1Cl. The normalized spacial score (nSPS) is 9.67. The van der Waals surface area contributed by atoms with E-state index in [0.717, 1.165) is 0 Å². The summed E-state index contributed by atoms with van der Waals surface area (Å²) in [7, 11) is 0. The summed E-state index contributed by atoms with van der Waals surface area (Å²) in [4.78, 5) is 3.58. The lowest BCUT2D eigenvalue weighted by molar-refractivity contribution is 0.621. The summed E-state index contributed by atoms with van der Waals surface area (Å²) < 4.78 is 12.8. The molecule has 48 valence electrons. The Morgan fingerprint density at radius 3 is 2.67 bits per heavy atom. The van der Waals surface area contributed by atoms with Crippen LogP contribution in [0.4, 0.5) is 4.39 Å². The second kappa shape index (κ2) is 2.62. The zero-order chi connectivity index (χ0) is 6.85. The van der Waals surface area contributed by atoms with E-state index >= 15 is 0 Å². The molecular formula is C5H2BrClFN. The van der Waals surface area contributed by atoms with Gasteiger partial charge < -0.3 is 0 Å². The minimum atomic E-state index is -0.500. The van der Waals surface area contributed by atoms with Crippen LogP contribution < -0.4 is 0 Å². The van der Waals surface area contributed by atoms with Gasteiger partial charge in [-0.2, -0.15) is 0 Å². The van der Waals surface area contributed by atoms with E-state index in [1.165, 1.54) is 12.1 Å². The first-order valence-electron chi connectivity index (χ1n) is 2.17. The van der Waals surface area contributed by atoms with Crippen LogP contribution >= 0.6 is 27.5 Å². The van der Waals surface area contributed by atoms with E-state index in [9.17, 15) is 4.39 Å². The van der Waals surface area contributed by atoms with Gasteiger partial charge in [0, 0.05) is 0 Å². The van der Waals surface area contributed by atoms with Crippen molar-refractivity contribution >= 4 is 27.5 Å². The molecule has 0 aliphatic rings. The van der Waals surface area contributed by atoms with Gasteiger partial charge in [-0.15, -0.1) is 0 Å². The summed E-state index contributed by atoms with van der Waals surface area (Å²) in [6.45, 7) is 0. The lowest BCUT2D eigenvalue weighted by atomic mass is 10.5. The predicted octanol–water partition coefficient (Wildman–Crippen LogP) is 2.64. The second-order valence-corrected chi connectivity index (χ2v) is 2.58. The highest BCUT2D eigenvalue weighted by Crippen LogP contribution is 2.14. The molecule has 0 amide bonds. The molecule has 0 aliphatic heterocycles. The first-order valence-corrected chi connectivity index (χ1v) is 3.35. The van der Waals surface area contributed by atoms with E-state index in [2.05, 4.69) is 20.9 Å². The lowest BCUT2D eigenvalue weighted by Gasteiger charge is -1.90. The van der Waals surface area contributed by atoms with Crippen LogP contribution in [0, 0.1) is 5.82 Å². The molecule has 4 heteroatoms. The van der Waals surface area contributed by atoms with Gasteiger partial charge in [0.1, 0.15) is 4.60 Å². The third-order valence-corrected chi connectivity index (χ3v) is 1.48. The van der Waals surface area contributed by atoms with Gasteiger partial charge in [-0.3, -0.25) is 0 Å². The Kier molecular flexibility index (Phi) is 2.03. The van der Waals surface area contributed by atoms with E-state index < -0.39 is 5.82 Å². The topological polar surface area (TPSA) is 12.9 Å². The Hall–Kier alpha value is -0.150. The zero-order valence-corrected chi connectivity index (χ0v) is 6.58. The van der Waals surface area contributed by atoms with Gasteiger partial charge in [0.05, 0.1) is 0 Å². The molecule has 0 unspecified atom stereocenters. The molecule has 0 bridgehead atoms. The highest BCUT2D eigenvalue weighted by atomic mass is 79.9. The van der Waals surface area contributed by atoms with Crippen LogP contribution in [0.2, 0.25) is 5.15 Å². The molecule has 1 aromatic rings. The molecule has 0 atom stereocenters. The van der Waals surface area contributed by atoms with Crippen molar-refractivity contribution in [2.24, 2.45) is 0 Å². The van der Waals surface area contributed by atoms with Crippen molar-refractivity contribution in [2.75, 3.05) is 0 Å². The fourth-order valence-electron chi connectivity index (χ4n) is 0.395. The third kappa shape index (κ3) is 1.63. The largest absolute Gasteiger partial charge is 0.226 e.